The van der Waals surface area contributed by atoms with Gasteiger partial charge in [-0.15, -0.1) is 18.2 Å². The molecule has 1 atom stereocenters. The van der Waals surface area contributed by atoms with Crippen LogP contribution in [0.3, 0.4) is 0 Å². The lowest BCUT2D eigenvalue weighted by molar-refractivity contribution is 0.419. The zero-order chi connectivity index (χ0) is 6.69. The van der Waals surface area contributed by atoms with E-state index in [1.54, 1.807) is 12.3 Å². The van der Waals surface area contributed by atoms with Crippen LogP contribution < -0.4 is 0 Å². The Kier molecular flexibility index (Phi) is 1.90. The monoisotopic (exact) mass is 143 g/mol. The lowest BCUT2D eigenvalue weighted by atomic mass is 10.2. The molecule has 48 valence electrons. The summed E-state index contributed by atoms with van der Waals surface area (Å²) in [6.07, 6.45) is 4.69. The van der Waals surface area contributed by atoms with E-state index in [1.165, 1.54) is 6.26 Å². The third-order valence-corrected chi connectivity index (χ3v) is 1.41. The number of aromatic nitrogens is 1. The summed E-state index contributed by atoms with van der Waals surface area (Å²) < 4.78 is 4.56. The number of halogens is 1. The molecule has 1 rings (SSSR count). The van der Waals surface area contributed by atoms with Crippen molar-refractivity contribution >= 4 is 11.6 Å². The molecule has 0 aliphatic rings. The third-order valence-electron chi connectivity index (χ3n) is 0.977. The molecule has 0 N–H and O–H groups in total. The minimum Gasteiger partial charge on any atom is -0.364 e. The summed E-state index contributed by atoms with van der Waals surface area (Å²) in [5.74, 6) is 0. The second kappa shape index (κ2) is 2.69. The van der Waals surface area contributed by atoms with E-state index in [9.17, 15) is 0 Å². The van der Waals surface area contributed by atoms with Gasteiger partial charge in [0, 0.05) is 5.56 Å². The smallest absolute Gasteiger partial charge is 0.128 e. The summed E-state index contributed by atoms with van der Waals surface area (Å²) in [5.41, 5.74) is 0.840. The van der Waals surface area contributed by atoms with E-state index in [0.29, 0.717) is 0 Å². The lowest BCUT2D eigenvalue weighted by Crippen LogP contribution is -1.78. The van der Waals surface area contributed by atoms with E-state index >= 15 is 0 Å². The number of hydrogen-bond acceptors (Lipinski definition) is 2. The normalized spacial score (nSPS) is 13.0. The van der Waals surface area contributed by atoms with Gasteiger partial charge in [-0.1, -0.05) is 11.2 Å². The first-order valence-corrected chi connectivity index (χ1v) is 2.94. The number of allylic oxidation sites excluding steroid dienone is 1. The van der Waals surface area contributed by atoms with Crippen molar-refractivity contribution in [3.63, 3.8) is 0 Å². The third kappa shape index (κ3) is 1.33. The van der Waals surface area contributed by atoms with Gasteiger partial charge in [-0.2, -0.15) is 0 Å². The maximum Gasteiger partial charge on any atom is 0.128 e. The molecule has 1 heterocycles. The van der Waals surface area contributed by atoms with E-state index < -0.39 is 0 Å². The molecule has 0 saturated heterocycles. The molecule has 0 saturated carbocycles. The van der Waals surface area contributed by atoms with Crippen molar-refractivity contribution in [1.29, 1.82) is 0 Å². The number of alkyl halides is 1. The molecule has 1 aromatic rings. The van der Waals surface area contributed by atoms with Crippen LogP contribution in [-0.2, 0) is 0 Å². The average molecular weight is 144 g/mol. The zero-order valence-electron chi connectivity index (χ0n) is 4.75. The Hall–Kier alpha value is -0.760. The van der Waals surface area contributed by atoms with Crippen molar-refractivity contribution in [1.82, 2.24) is 5.16 Å². The van der Waals surface area contributed by atoms with Gasteiger partial charge in [0.15, 0.2) is 0 Å². The highest BCUT2D eigenvalue weighted by Crippen LogP contribution is 2.19. The van der Waals surface area contributed by atoms with Gasteiger partial charge in [0.05, 0.1) is 11.6 Å². The van der Waals surface area contributed by atoms with Gasteiger partial charge < -0.3 is 4.52 Å². The van der Waals surface area contributed by atoms with Crippen LogP contribution >= 0.6 is 11.6 Å². The molecule has 1 unspecified atom stereocenters. The van der Waals surface area contributed by atoms with E-state index in [-0.39, 0.29) is 5.38 Å². The molecular weight excluding hydrogens is 138 g/mol. The fourth-order valence-corrected chi connectivity index (χ4v) is 0.593. The molecule has 2 nitrogen and oxygen atoms in total. The van der Waals surface area contributed by atoms with Crippen molar-refractivity contribution in [3.8, 4) is 0 Å². The molecule has 1 aromatic heterocycles. The SMILES string of the molecule is C=CC(Cl)c1cnoc1. The fraction of sp³-hybridized carbons (Fsp3) is 0.167. The van der Waals surface area contributed by atoms with Gasteiger partial charge in [0.1, 0.15) is 6.26 Å². The summed E-state index contributed by atoms with van der Waals surface area (Å²) >= 11 is 5.71. The summed E-state index contributed by atoms with van der Waals surface area (Å²) in [4.78, 5) is 0. The first kappa shape index (κ1) is 6.36. The van der Waals surface area contributed by atoms with Crippen LogP contribution in [0, 0.1) is 0 Å². The number of hydrogen-bond donors (Lipinski definition) is 0. The Morgan fingerprint density at radius 1 is 1.89 bits per heavy atom. The van der Waals surface area contributed by atoms with Gasteiger partial charge >= 0.3 is 0 Å². The van der Waals surface area contributed by atoms with Gasteiger partial charge in [-0.25, -0.2) is 0 Å². The van der Waals surface area contributed by atoms with E-state index in [2.05, 4.69) is 16.3 Å². The van der Waals surface area contributed by atoms with Crippen LogP contribution in [0.15, 0.2) is 29.6 Å². The van der Waals surface area contributed by atoms with Gasteiger partial charge in [0.25, 0.3) is 0 Å². The molecule has 0 amide bonds. The van der Waals surface area contributed by atoms with Gasteiger partial charge in [-0.05, 0) is 0 Å². The first-order valence-electron chi connectivity index (χ1n) is 2.50. The van der Waals surface area contributed by atoms with E-state index in [0.717, 1.165) is 5.56 Å². The summed E-state index contributed by atoms with van der Waals surface area (Å²) in [5, 5.41) is 3.30. The van der Waals surface area contributed by atoms with E-state index in [1.807, 2.05) is 0 Å². The molecule has 0 radical (unpaired) electrons. The van der Waals surface area contributed by atoms with Crippen LogP contribution in [0.25, 0.3) is 0 Å². The zero-order valence-corrected chi connectivity index (χ0v) is 5.51. The predicted molar refractivity (Wildman–Crippen MR) is 35.3 cm³/mol. The summed E-state index contributed by atoms with van der Waals surface area (Å²) in [6, 6.07) is 0. The maximum absolute atomic E-state index is 5.71. The standard InChI is InChI=1S/C6H6ClNO/c1-2-6(7)5-3-8-9-4-5/h2-4,6H,1H2. The highest BCUT2D eigenvalue weighted by Gasteiger charge is 2.03. The second-order valence-electron chi connectivity index (χ2n) is 1.60. The van der Waals surface area contributed by atoms with Crippen LogP contribution in [-0.4, -0.2) is 5.16 Å². The number of nitrogens with zero attached hydrogens (tertiary/aromatic N) is 1. The predicted octanol–water partition coefficient (Wildman–Crippen LogP) is 2.14. The number of rotatable bonds is 2. The van der Waals surface area contributed by atoms with Gasteiger partial charge in [-0.3, -0.25) is 0 Å². The molecular formula is C6H6ClNO. The van der Waals surface area contributed by atoms with Crippen LogP contribution in [0.1, 0.15) is 10.9 Å². The van der Waals surface area contributed by atoms with Crippen molar-refractivity contribution < 1.29 is 4.52 Å². The Balaban J connectivity index is 2.76. The summed E-state index contributed by atoms with van der Waals surface area (Å²) in [7, 11) is 0. The Morgan fingerprint density at radius 3 is 3.11 bits per heavy atom. The fourth-order valence-electron chi connectivity index (χ4n) is 0.485. The highest BCUT2D eigenvalue weighted by molar-refractivity contribution is 6.21. The van der Waals surface area contributed by atoms with Gasteiger partial charge in [0.2, 0.25) is 0 Å². The van der Waals surface area contributed by atoms with Crippen molar-refractivity contribution in [2.45, 2.75) is 5.38 Å². The largest absolute Gasteiger partial charge is 0.364 e. The van der Waals surface area contributed by atoms with Crippen molar-refractivity contribution in [2.75, 3.05) is 0 Å². The Morgan fingerprint density at radius 2 is 2.67 bits per heavy atom. The first-order chi connectivity index (χ1) is 4.34. The van der Waals surface area contributed by atoms with E-state index in [4.69, 9.17) is 11.6 Å². The maximum atomic E-state index is 5.71. The highest BCUT2D eigenvalue weighted by atomic mass is 35.5. The minimum absolute atomic E-state index is 0.184. The molecule has 9 heavy (non-hydrogen) atoms. The van der Waals surface area contributed by atoms with Crippen molar-refractivity contribution in [2.24, 2.45) is 0 Å². The Labute approximate surface area is 58.1 Å². The second-order valence-corrected chi connectivity index (χ2v) is 2.07. The van der Waals surface area contributed by atoms with Crippen LogP contribution in [0.4, 0.5) is 0 Å². The molecule has 0 spiro atoms. The lowest BCUT2D eigenvalue weighted by Gasteiger charge is -1.93. The Bertz CT molecular complexity index is 183. The topological polar surface area (TPSA) is 26.0 Å². The van der Waals surface area contributed by atoms with Crippen molar-refractivity contribution in [3.05, 3.63) is 30.7 Å². The summed E-state index contributed by atoms with van der Waals surface area (Å²) in [6.45, 7) is 3.52. The minimum atomic E-state index is -0.184. The average Bonchev–Trinajstić information content (AvgIpc) is 2.37. The molecule has 0 aliphatic heterocycles. The quantitative estimate of drug-likeness (QED) is 0.468. The molecule has 0 fully saturated rings. The van der Waals surface area contributed by atoms with Crippen LogP contribution in [0.5, 0.6) is 0 Å². The molecule has 0 aliphatic carbocycles. The molecule has 3 heteroatoms. The van der Waals surface area contributed by atoms with Crippen LogP contribution in [0.2, 0.25) is 0 Å². The molecule has 0 aromatic carbocycles. The molecule has 0 bridgehead atoms.